The van der Waals surface area contributed by atoms with Gasteiger partial charge in [0.25, 0.3) is 5.91 Å². The number of benzene rings is 1. The largest absolute Gasteiger partial charge is 0.464 e. The Morgan fingerprint density at radius 2 is 1.94 bits per heavy atom. The van der Waals surface area contributed by atoms with Crippen LogP contribution in [0.5, 0.6) is 0 Å². The highest BCUT2D eigenvalue weighted by Crippen LogP contribution is 2.42. The number of carboxylic acid groups (broad SMARTS) is 1. The summed E-state index contributed by atoms with van der Waals surface area (Å²) >= 11 is 3.07. The van der Waals surface area contributed by atoms with Crippen molar-refractivity contribution in [3.05, 3.63) is 64.1 Å². The summed E-state index contributed by atoms with van der Waals surface area (Å²) in [5, 5.41) is 9.55. The average molecular weight is 504 g/mol. The molecule has 1 aromatic heterocycles. The highest BCUT2D eigenvalue weighted by Gasteiger charge is 2.52. The third kappa shape index (κ3) is 4.68. The molecule has 1 aliphatic heterocycles. The smallest absolute Gasteiger partial charge is 0.425 e. The van der Waals surface area contributed by atoms with E-state index in [1.54, 1.807) is 6.07 Å². The number of amides is 2. The Bertz CT molecular complexity index is 1050. The number of halogens is 5. The van der Waals surface area contributed by atoms with Crippen LogP contribution in [0.3, 0.4) is 0 Å². The molecule has 1 aliphatic rings. The van der Waals surface area contributed by atoms with E-state index in [1.165, 1.54) is 37.3 Å². The summed E-state index contributed by atoms with van der Waals surface area (Å²) in [6, 6.07) is 7.09. The van der Waals surface area contributed by atoms with E-state index in [-0.39, 0.29) is 20.5 Å². The average Bonchev–Trinajstić information content (AvgIpc) is 2.69. The number of alkyl halides is 3. The lowest BCUT2D eigenvalue weighted by Crippen LogP contribution is -2.51. The van der Waals surface area contributed by atoms with Gasteiger partial charge in [-0.25, -0.2) is 14.8 Å². The highest BCUT2D eigenvalue weighted by atomic mass is 79.9. The molecule has 2 heterocycles. The molecule has 12 heteroatoms. The normalized spacial score (nSPS) is 21.1. The van der Waals surface area contributed by atoms with E-state index in [9.17, 15) is 32.3 Å². The molecule has 3 rings (SSSR count). The van der Waals surface area contributed by atoms with Crippen LogP contribution >= 0.6 is 15.9 Å². The fourth-order valence-electron chi connectivity index (χ4n) is 3.03. The molecule has 1 N–H and O–H groups in total. The minimum atomic E-state index is -4.95. The number of amidine groups is 1. The van der Waals surface area contributed by atoms with Gasteiger partial charge in [0.05, 0.1) is 5.54 Å². The maximum atomic E-state index is 14.4. The Kier molecular flexibility index (Phi) is 6.03. The van der Waals surface area contributed by atoms with Crippen molar-refractivity contribution in [3.63, 3.8) is 0 Å². The van der Waals surface area contributed by atoms with Gasteiger partial charge in [-0.3, -0.25) is 4.79 Å². The van der Waals surface area contributed by atoms with Crippen LogP contribution in [0.2, 0.25) is 0 Å². The van der Waals surface area contributed by atoms with E-state index in [0.29, 0.717) is 0 Å². The van der Waals surface area contributed by atoms with E-state index < -0.39 is 48.2 Å². The van der Waals surface area contributed by atoms with Crippen LogP contribution in [0.1, 0.15) is 29.3 Å². The van der Waals surface area contributed by atoms with E-state index in [1.807, 2.05) is 0 Å². The maximum absolute atomic E-state index is 14.4. The Morgan fingerprint density at radius 1 is 1.29 bits per heavy atom. The van der Waals surface area contributed by atoms with Gasteiger partial charge >= 0.3 is 18.3 Å². The molecule has 2 amide bonds. The van der Waals surface area contributed by atoms with Gasteiger partial charge < -0.3 is 9.84 Å². The lowest BCUT2D eigenvalue weighted by Gasteiger charge is -2.38. The van der Waals surface area contributed by atoms with Gasteiger partial charge in [0.1, 0.15) is 0 Å². The third-order valence-corrected chi connectivity index (χ3v) is 4.96. The number of ether oxygens (including phenoxy) is 1. The van der Waals surface area contributed by atoms with Crippen molar-refractivity contribution >= 4 is 34.0 Å². The summed E-state index contributed by atoms with van der Waals surface area (Å²) in [7, 11) is 0. The van der Waals surface area contributed by atoms with Crippen LogP contribution in [-0.4, -0.2) is 45.3 Å². The second-order valence-electron chi connectivity index (χ2n) is 6.80. The Morgan fingerprint density at radius 3 is 2.52 bits per heavy atom. The van der Waals surface area contributed by atoms with Crippen molar-refractivity contribution < 1.29 is 37.0 Å². The van der Waals surface area contributed by atoms with Crippen LogP contribution < -0.4 is 0 Å². The standard InChI is InChI=1S/C19H14BrF4N3O4/c1-18(12-7-11(20)9-25-14(12)21)8-13(19(22,23)24)31-16(26-18)27(17(29)30)15(28)10-5-3-2-4-6-10/h2-7,9,13H,8H2,1H3,(H,29,30)/t13-,18-/m0/s1. The molecule has 2 aromatic rings. The van der Waals surface area contributed by atoms with Gasteiger partial charge in [0.15, 0.2) is 6.10 Å². The Labute approximate surface area is 181 Å². The lowest BCUT2D eigenvalue weighted by atomic mass is 9.86. The van der Waals surface area contributed by atoms with Gasteiger partial charge in [0.2, 0.25) is 5.95 Å². The Balaban J connectivity index is 2.16. The van der Waals surface area contributed by atoms with Crippen LogP contribution in [0.15, 0.2) is 52.1 Å². The number of aromatic nitrogens is 1. The van der Waals surface area contributed by atoms with Crippen molar-refractivity contribution in [2.45, 2.75) is 31.2 Å². The first-order valence-corrected chi connectivity index (χ1v) is 9.49. The molecular formula is C19H14BrF4N3O4. The van der Waals surface area contributed by atoms with Gasteiger partial charge in [-0.05, 0) is 41.1 Å². The SMILES string of the molecule is C[C@@]1(c2cc(Br)cnc2F)C[C@@H](C(F)(F)F)OC(N(C(=O)O)C(=O)c2ccccc2)=N1. The monoisotopic (exact) mass is 503 g/mol. The van der Waals surface area contributed by atoms with Crippen molar-refractivity contribution in [2.24, 2.45) is 4.99 Å². The van der Waals surface area contributed by atoms with E-state index in [2.05, 4.69) is 25.9 Å². The molecule has 0 radical (unpaired) electrons. The molecule has 7 nitrogen and oxygen atoms in total. The number of carbonyl (C=O) groups excluding carboxylic acids is 1. The van der Waals surface area contributed by atoms with E-state index in [0.717, 1.165) is 6.20 Å². The molecule has 31 heavy (non-hydrogen) atoms. The second kappa shape index (κ2) is 8.25. The van der Waals surface area contributed by atoms with Gasteiger partial charge in [-0.15, -0.1) is 0 Å². The minimum absolute atomic E-state index is 0.0329. The topological polar surface area (TPSA) is 92.1 Å². The van der Waals surface area contributed by atoms with Gasteiger partial charge in [0, 0.05) is 28.2 Å². The quantitative estimate of drug-likeness (QED) is 0.472. The van der Waals surface area contributed by atoms with Crippen molar-refractivity contribution in [1.82, 2.24) is 9.88 Å². The van der Waals surface area contributed by atoms with E-state index >= 15 is 0 Å². The van der Waals surface area contributed by atoms with Crippen LogP contribution in [0, 0.1) is 5.95 Å². The zero-order valence-electron chi connectivity index (χ0n) is 15.7. The van der Waals surface area contributed by atoms with Gasteiger partial charge in [-0.1, -0.05) is 18.2 Å². The first kappa shape index (κ1) is 22.7. The molecule has 0 spiro atoms. The molecule has 0 fully saturated rings. The van der Waals surface area contributed by atoms with Crippen LogP contribution in [-0.2, 0) is 10.3 Å². The summed E-state index contributed by atoms with van der Waals surface area (Å²) in [4.78, 5) is 31.9. The minimum Gasteiger partial charge on any atom is -0.464 e. The number of hydrogen-bond acceptors (Lipinski definition) is 5. The summed E-state index contributed by atoms with van der Waals surface area (Å²) in [6.45, 7) is 1.17. The first-order chi connectivity index (χ1) is 14.4. The molecular weight excluding hydrogens is 490 g/mol. The number of carbonyl (C=O) groups is 2. The molecule has 0 bridgehead atoms. The van der Waals surface area contributed by atoms with Crippen molar-refractivity contribution in [2.75, 3.05) is 0 Å². The lowest BCUT2D eigenvalue weighted by molar-refractivity contribution is -0.209. The highest BCUT2D eigenvalue weighted by molar-refractivity contribution is 9.10. The number of imide groups is 1. The predicted octanol–water partition coefficient (Wildman–Crippen LogP) is 4.73. The maximum Gasteiger partial charge on any atom is 0.425 e. The number of hydrogen-bond donors (Lipinski definition) is 1. The van der Waals surface area contributed by atoms with Crippen molar-refractivity contribution in [1.29, 1.82) is 0 Å². The van der Waals surface area contributed by atoms with Crippen LogP contribution in [0.4, 0.5) is 22.4 Å². The predicted molar refractivity (Wildman–Crippen MR) is 103 cm³/mol. The first-order valence-electron chi connectivity index (χ1n) is 8.69. The molecule has 2 atom stereocenters. The van der Waals surface area contributed by atoms with Gasteiger partial charge in [-0.2, -0.15) is 22.5 Å². The molecule has 1 aromatic carbocycles. The van der Waals surface area contributed by atoms with E-state index in [4.69, 9.17) is 4.74 Å². The summed E-state index contributed by atoms with van der Waals surface area (Å²) < 4.78 is 60.3. The number of rotatable bonds is 2. The summed E-state index contributed by atoms with van der Waals surface area (Å²) in [6.07, 6.45) is -9.16. The number of aliphatic imine (C=N–C) groups is 1. The molecule has 0 saturated carbocycles. The Hall–Kier alpha value is -3.02. The second-order valence-corrected chi connectivity index (χ2v) is 7.72. The summed E-state index contributed by atoms with van der Waals surface area (Å²) in [5.74, 6) is -2.27. The third-order valence-electron chi connectivity index (χ3n) is 4.53. The van der Waals surface area contributed by atoms with Crippen LogP contribution in [0.25, 0.3) is 0 Å². The molecule has 0 saturated heterocycles. The fourth-order valence-corrected chi connectivity index (χ4v) is 3.37. The summed E-state index contributed by atoms with van der Waals surface area (Å²) in [5.41, 5.74) is -2.38. The number of pyridine rings is 1. The molecule has 164 valence electrons. The zero-order valence-corrected chi connectivity index (χ0v) is 17.3. The molecule has 0 unspecified atom stereocenters. The van der Waals surface area contributed by atoms with Crippen molar-refractivity contribution in [3.8, 4) is 0 Å². The zero-order chi connectivity index (χ0) is 23.0. The molecule has 0 aliphatic carbocycles. The number of nitrogens with zero attached hydrogens (tertiary/aromatic N) is 3. The fraction of sp³-hybridized carbons (Fsp3) is 0.263.